The van der Waals surface area contributed by atoms with Crippen LogP contribution in [0.3, 0.4) is 0 Å². The number of carbonyl (C=O) groups is 1. The lowest BCUT2D eigenvalue weighted by atomic mass is 9.84. The molecule has 0 N–H and O–H groups in total. The standard InChI is InChI=1S/C16H29NO/c1-12-15(5,6)16(12)7-9-17(10-8-16)13(18)11-14(2,3)4/h12H,7-11H2,1-6H3. The maximum absolute atomic E-state index is 12.2. The highest BCUT2D eigenvalue weighted by atomic mass is 16.2. The maximum Gasteiger partial charge on any atom is 0.223 e. The Morgan fingerprint density at radius 2 is 1.67 bits per heavy atom. The molecule has 2 fully saturated rings. The zero-order chi connectivity index (χ0) is 13.8. The number of hydrogen-bond donors (Lipinski definition) is 0. The van der Waals surface area contributed by atoms with Gasteiger partial charge in [0.05, 0.1) is 0 Å². The first-order valence-corrected chi connectivity index (χ1v) is 7.38. The Morgan fingerprint density at radius 3 is 2.00 bits per heavy atom. The van der Waals surface area contributed by atoms with Gasteiger partial charge in [0.2, 0.25) is 5.91 Å². The largest absolute Gasteiger partial charge is 0.343 e. The molecule has 1 saturated carbocycles. The highest BCUT2D eigenvalue weighted by Crippen LogP contribution is 2.73. The fourth-order valence-corrected chi connectivity index (χ4v) is 4.03. The SMILES string of the molecule is CC1C(C)(C)C12CCN(C(=O)CC(C)(C)C)CC2. The molecule has 18 heavy (non-hydrogen) atoms. The Labute approximate surface area is 112 Å². The van der Waals surface area contributed by atoms with Gasteiger partial charge >= 0.3 is 0 Å². The quantitative estimate of drug-likeness (QED) is 0.695. The van der Waals surface area contributed by atoms with Gasteiger partial charge in [-0.15, -0.1) is 0 Å². The molecule has 0 radical (unpaired) electrons. The van der Waals surface area contributed by atoms with E-state index in [1.165, 1.54) is 12.8 Å². The minimum absolute atomic E-state index is 0.109. The molecule has 104 valence electrons. The van der Waals surface area contributed by atoms with Crippen LogP contribution in [0.5, 0.6) is 0 Å². The summed E-state index contributed by atoms with van der Waals surface area (Å²) in [5, 5.41) is 0. The third-order valence-electron chi connectivity index (χ3n) is 5.80. The minimum Gasteiger partial charge on any atom is -0.343 e. The van der Waals surface area contributed by atoms with E-state index in [1.54, 1.807) is 0 Å². The van der Waals surface area contributed by atoms with Crippen molar-refractivity contribution in [2.75, 3.05) is 13.1 Å². The average Bonchev–Trinajstić information content (AvgIpc) is 2.62. The van der Waals surface area contributed by atoms with Crippen molar-refractivity contribution in [2.45, 2.75) is 60.8 Å². The van der Waals surface area contributed by atoms with E-state index in [-0.39, 0.29) is 5.41 Å². The highest BCUT2D eigenvalue weighted by Gasteiger charge is 2.67. The van der Waals surface area contributed by atoms with E-state index in [0.29, 0.717) is 23.2 Å². The van der Waals surface area contributed by atoms with Crippen molar-refractivity contribution in [3.8, 4) is 0 Å². The van der Waals surface area contributed by atoms with Crippen LogP contribution in [0.4, 0.5) is 0 Å². The summed E-state index contributed by atoms with van der Waals surface area (Å²) < 4.78 is 0. The van der Waals surface area contributed by atoms with Crippen molar-refractivity contribution < 1.29 is 4.79 Å². The predicted octanol–water partition coefficient (Wildman–Crippen LogP) is 3.71. The number of piperidine rings is 1. The van der Waals surface area contributed by atoms with Crippen LogP contribution in [0.1, 0.15) is 60.8 Å². The van der Waals surface area contributed by atoms with Gasteiger partial charge in [-0.3, -0.25) is 4.79 Å². The first kappa shape index (κ1) is 13.9. The van der Waals surface area contributed by atoms with Crippen molar-refractivity contribution in [3.63, 3.8) is 0 Å². The number of likely N-dealkylation sites (tertiary alicyclic amines) is 1. The van der Waals surface area contributed by atoms with Crippen molar-refractivity contribution in [1.29, 1.82) is 0 Å². The molecule has 1 atom stereocenters. The molecular formula is C16H29NO. The van der Waals surface area contributed by atoms with Gasteiger partial charge in [-0.25, -0.2) is 0 Å². The molecule has 1 aliphatic heterocycles. The van der Waals surface area contributed by atoms with Crippen LogP contribution in [0.25, 0.3) is 0 Å². The number of amides is 1. The van der Waals surface area contributed by atoms with Gasteiger partial charge in [0.15, 0.2) is 0 Å². The van der Waals surface area contributed by atoms with Gasteiger partial charge in [-0.1, -0.05) is 41.5 Å². The Bertz CT molecular complexity index is 343. The molecule has 0 bridgehead atoms. The molecule has 2 nitrogen and oxygen atoms in total. The van der Waals surface area contributed by atoms with Crippen LogP contribution in [-0.2, 0) is 4.79 Å². The normalized spacial score (nSPS) is 29.4. The van der Waals surface area contributed by atoms with Crippen LogP contribution < -0.4 is 0 Å². The topological polar surface area (TPSA) is 20.3 Å². The van der Waals surface area contributed by atoms with Crippen LogP contribution in [0.2, 0.25) is 0 Å². The highest BCUT2D eigenvalue weighted by molar-refractivity contribution is 5.77. The molecule has 1 saturated heterocycles. The Morgan fingerprint density at radius 1 is 1.22 bits per heavy atom. The van der Waals surface area contributed by atoms with Gasteiger partial charge < -0.3 is 4.90 Å². The van der Waals surface area contributed by atoms with Gasteiger partial charge in [-0.05, 0) is 35.0 Å². The van der Waals surface area contributed by atoms with Crippen molar-refractivity contribution >= 4 is 5.91 Å². The van der Waals surface area contributed by atoms with Crippen LogP contribution in [0.15, 0.2) is 0 Å². The van der Waals surface area contributed by atoms with Gasteiger partial charge in [0.25, 0.3) is 0 Å². The summed E-state index contributed by atoms with van der Waals surface area (Å²) in [7, 11) is 0. The number of carbonyl (C=O) groups excluding carboxylic acids is 1. The van der Waals surface area contributed by atoms with E-state index < -0.39 is 0 Å². The second-order valence-electron chi connectivity index (χ2n) is 8.22. The number of nitrogens with zero attached hydrogens (tertiary/aromatic N) is 1. The van der Waals surface area contributed by atoms with E-state index in [2.05, 4.69) is 46.4 Å². The molecule has 1 unspecified atom stereocenters. The molecule has 1 amide bonds. The van der Waals surface area contributed by atoms with Crippen LogP contribution >= 0.6 is 0 Å². The van der Waals surface area contributed by atoms with Crippen molar-refractivity contribution in [2.24, 2.45) is 22.2 Å². The Hall–Kier alpha value is -0.530. The van der Waals surface area contributed by atoms with E-state index in [4.69, 9.17) is 0 Å². The lowest BCUT2D eigenvalue weighted by Crippen LogP contribution is -2.41. The third kappa shape index (κ3) is 2.08. The maximum atomic E-state index is 12.2. The van der Waals surface area contributed by atoms with E-state index in [1.807, 2.05) is 0 Å². The van der Waals surface area contributed by atoms with E-state index in [0.717, 1.165) is 19.0 Å². The molecule has 2 heteroatoms. The molecule has 2 aliphatic rings. The zero-order valence-corrected chi connectivity index (χ0v) is 13.0. The van der Waals surface area contributed by atoms with E-state index in [9.17, 15) is 4.79 Å². The summed E-state index contributed by atoms with van der Waals surface area (Å²) in [4.78, 5) is 14.3. The van der Waals surface area contributed by atoms with E-state index >= 15 is 0 Å². The molecule has 0 aromatic heterocycles. The Balaban J connectivity index is 1.90. The summed E-state index contributed by atoms with van der Waals surface area (Å²) >= 11 is 0. The smallest absolute Gasteiger partial charge is 0.223 e. The molecule has 1 aliphatic carbocycles. The average molecular weight is 251 g/mol. The number of rotatable bonds is 1. The summed E-state index contributed by atoms with van der Waals surface area (Å²) in [6.07, 6.45) is 3.09. The Kier molecular flexibility index (Phi) is 3.07. The van der Waals surface area contributed by atoms with Crippen LogP contribution in [0, 0.1) is 22.2 Å². The van der Waals surface area contributed by atoms with Crippen molar-refractivity contribution in [3.05, 3.63) is 0 Å². The first-order chi connectivity index (χ1) is 8.10. The van der Waals surface area contributed by atoms with Crippen LogP contribution in [-0.4, -0.2) is 23.9 Å². The summed E-state index contributed by atoms with van der Waals surface area (Å²) in [5.74, 6) is 1.17. The predicted molar refractivity (Wildman–Crippen MR) is 75.3 cm³/mol. The second-order valence-corrected chi connectivity index (χ2v) is 8.22. The lowest BCUT2D eigenvalue weighted by Gasteiger charge is -2.36. The van der Waals surface area contributed by atoms with Gasteiger partial charge in [0.1, 0.15) is 0 Å². The number of hydrogen-bond acceptors (Lipinski definition) is 1. The molecule has 0 aromatic carbocycles. The summed E-state index contributed by atoms with van der Waals surface area (Å²) in [6, 6.07) is 0. The molecule has 2 rings (SSSR count). The minimum atomic E-state index is 0.109. The molecule has 1 spiro atoms. The fourth-order valence-electron chi connectivity index (χ4n) is 4.03. The molecular weight excluding hydrogens is 222 g/mol. The zero-order valence-electron chi connectivity index (χ0n) is 13.0. The van der Waals surface area contributed by atoms with Crippen molar-refractivity contribution in [1.82, 2.24) is 4.90 Å². The summed E-state index contributed by atoms with van der Waals surface area (Å²) in [6.45, 7) is 15.5. The fraction of sp³-hybridized carbons (Fsp3) is 0.938. The monoisotopic (exact) mass is 251 g/mol. The third-order valence-corrected chi connectivity index (χ3v) is 5.80. The molecule has 1 heterocycles. The first-order valence-electron chi connectivity index (χ1n) is 7.38. The van der Waals surface area contributed by atoms with Gasteiger partial charge in [0, 0.05) is 19.5 Å². The second kappa shape index (κ2) is 3.98. The summed E-state index contributed by atoms with van der Waals surface area (Å²) in [5.41, 5.74) is 1.13. The van der Waals surface area contributed by atoms with Gasteiger partial charge in [-0.2, -0.15) is 0 Å². The lowest BCUT2D eigenvalue weighted by molar-refractivity contribution is -0.134. The molecule has 0 aromatic rings.